The lowest BCUT2D eigenvalue weighted by Crippen LogP contribution is -2.50. The van der Waals surface area contributed by atoms with E-state index < -0.39 is 0 Å². The van der Waals surface area contributed by atoms with E-state index in [2.05, 4.69) is 30.1 Å². The number of furan rings is 1. The summed E-state index contributed by atoms with van der Waals surface area (Å²) >= 11 is 0. The van der Waals surface area contributed by atoms with Crippen LogP contribution in [0.25, 0.3) is 0 Å². The average molecular weight is 250 g/mol. The Labute approximate surface area is 111 Å². The summed E-state index contributed by atoms with van der Waals surface area (Å²) in [5.41, 5.74) is 0. The maximum Gasteiger partial charge on any atom is 0.105 e. The summed E-state index contributed by atoms with van der Waals surface area (Å²) in [5.74, 6) is 1.10. The second-order valence-corrected chi connectivity index (χ2v) is 5.37. The summed E-state index contributed by atoms with van der Waals surface area (Å²) in [5, 5.41) is 3.52. The Bertz CT molecular complexity index is 317. The molecule has 1 aliphatic heterocycles. The fraction of sp³-hybridized carbons (Fsp3) is 0.733. The maximum absolute atomic E-state index is 5.48. The Hall–Kier alpha value is -0.800. The van der Waals surface area contributed by atoms with Gasteiger partial charge in [-0.25, -0.2) is 0 Å². The van der Waals surface area contributed by atoms with Gasteiger partial charge < -0.3 is 9.73 Å². The molecule has 102 valence electrons. The van der Waals surface area contributed by atoms with Gasteiger partial charge in [-0.1, -0.05) is 6.92 Å². The van der Waals surface area contributed by atoms with Crippen molar-refractivity contribution in [3.05, 3.63) is 24.2 Å². The summed E-state index contributed by atoms with van der Waals surface area (Å²) in [4.78, 5) is 2.66. The molecule has 1 aromatic rings. The second-order valence-electron chi connectivity index (χ2n) is 5.37. The maximum atomic E-state index is 5.48. The van der Waals surface area contributed by atoms with Gasteiger partial charge in [0.2, 0.25) is 0 Å². The molecule has 3 heteroatoms. The van der Waals surface area contributed by atoms with Crippen LogP contribution in [0, 0.1) is 0 Å². The first-order valence-corrected chi connectivity index (χ1v) is 7.30. The molecule has 2 unspecified atom stereocenters. The molecule has 2 heterocycles. The molecule has 0 aromatic carbocycles. The summed E-state index contributed by atoms with van der Waals surface area (Å²) in [7, 11) is 0. The molecular weight excluding hydrogens is 224 g/mol. The van der Waals surface area contributed by atoms with E-state index in [1.807, 2.05) is 6.07 Å². The zero-order valence-corrected chi connectivity index (χ0v) is 11.7. The average Bonchev–Trinajstić information content (AvgIpc) is 2.89. The first kappa shape index (κ1) is 13.6. The van der Waals surface area contributed by atoms with Gasteiger partial charge >= 0.3 is 0 Å². The molecular formula is C15H26N2O. The van der Waals surface area contributed by atoms with Crippen molar-refractivity contribution >= 4 is 0 Å². The first-order chi connectivity index (χ1) is 8.81. The predicted molar refractivity (Wildman–Crippen MR) is 74.8 cm³/mol. The SMILES string of the molecule is CCCN(C(C)Cc1ccco1)C1CCCNC1. The molecule has 0 spiro atoms. The van der Waals surface area contributed by atoms with Gasteiger partial charge in [-0.15, -0.1) is 0 Å². The lowest BCUT2D eigenvalue weighted by molar-refractivity contribution is 0.117. The van der Waals surface area contributed by atoms with E-state index >= 15 is 0 Å². The van der Waals surface area contributed by atoms with Crippen molar-refractivity contribution in [3.8, 4) is 0 Å². The monoisotopic (exact) mass is 250 g/mol. The van der Waals surface area contributed by atoms with Crippen LogP contribution in [-0.2, 0) is 6.42 Å². The van der Waals surface area contributed by atoms with Crippen molar-refractivity contribution in [3.63, 3.8) is 0 Å². The van der Waals surface area contributed by atoms with Crippen molar-refractivity contribution < 1.29 is 4.42 Å². The van der Waals surface area contributed by atoms with Crippen molar-refractivity contribution in [1.29, 1.82) is 0 Å². The first-order valence-electron chi connectivity index (χ1n) is 7.30. The van der Waals surface area contributed by atoms with Gasteiger partial charge in [0.1, 0.15) is 5.76 Å². The highest BCUT2D eigenvalue weighted by Gasteiger charge is 2.24. The molecule has 2 atom stereocenters. The van der Waals surface area contributed by atoms with Crippen molar-refractivity contribution in [1.82, 2.24) is 10.2 Å². The minimum absolute atomic E-state index is 0.556. The quantitative estimate of drug-likeness (QED) is 0.841. The lowest BCUT2D eigenvalue weighted by atomic mass is 10.0. The van der Waals surface area contributed by atoms with E-state index in [1.165, 1.54) is 32.4 Å². The largest absolute Gasteiger partial charge is 0.469 e. The summed E-state index contributed by atoms with van der Waals surface area (Å²) < 4.78 is 5.48. The molecule has 0 radical (unpaired) electrons. The number of hydrogen-bond acceptors (Lipinski definition) is 3. The van der Waals surface area contributed by atoms with Gasteiger partial charge in [0, 0.05) is 25.0 Å². The Kier molecular flexibility index (Phi) is 5.26. The Morgan fingerprint density at radius 2 is 2.44 bits per heavy atom. The number of rotatable bonds is 6. The zero-order valence-electron chi connectivity index (χ0n) is 11.7. The van der Waals surface area contributed by atoms with Gasteiger partial charge in [-0.05, 0) is 51.4 Å². The third-order valence-corrected chi connectivity index (χ3v) is 3.86. The number of nitrogens with one attached hydrogen (secondary N) is 1. The van der Waals surface area contributed by atoms with Crippen LogP contribution in [0.3, 0.4) is 0 Å². The molecule has 2 rings (SSSR count). The van der Waals surface area contributed by atoms with Crippen LogP contribution in [0.1, 0.15) is 38.9 Å². The van der Waals surface area contributed by atoms with E-state index in [9.17, 15) is 0 Å². The second kappa shape index (κ2) is 6.95. The van der Waals surface area contributed by atoms with Crippen LogP contribution in [0.5, 0.6) is 0 Å². The highest BCUT2D eigenvalue weighted by molar-refractivity contribution is 5.00. The Balaban J connectivity index is 1.94. The molecule has 3 nitrogen and oxygen atoms in total. The third kappa shape index (κ3) is 3.59. The van der Waals surface area contributed by atoms with Crippen molar-refractivity contribution in [2.45, 2.75) is 51.6 Å². The normalized spacial score (nSPS) is 22.3. The van der Waals surface area contributed by atoms with E-state index in [0.717, 1.165) is 18.7 Å². The Morgan fingerprint density at radius 1 is 1.56 bits per heavy atom. The standard InChI is InChI=1S/C15H26N2O/c1-3-9-17(14-6-4-8-16-12-14)13(2)11-15-7-5-10-18-15/h5,7,10,13-14,16H,3-4,6,8-9,11-12H2,1-2H3. The molecule has 1 saturated heterocycles. The lowest BCUT2D eigenvalue weighted by Gasteiger charge is -2.38. The van der Waals surface area contributed by atoms with Gasteiger partial charge in [-0.2, -0.15) is 0 Å². The molecule has 0 bridgehead atoms. The zero-order chi connectivity index (χ0) is 12.8. The van der Waals surface area contributed by atoms with E-state index in [-0.39, 0.29) is 0 Å². The highest BCUT2D eigenvalue weighted by Crippen LogP contribution is 2.17. The fourth-order valence-electron chi connectivity index (χ4n) is 2.97. The molecule has 0 saturated carbocycles. The van der Waals surface area contributed by atoms with Crippen LogP contribution in [0.15, 0.2) is 22.8 Å². The van der Waals surface area contributed by atoms with E-state index in [4.69, 9.17) is 4.42 Å². The molecule has 1 aromatic heterocycles. The van der Waals surface area contributed by atoms with Gasteiger partial charge in [0.15, 0.2) is 0 Å². The molecule has 1 fully saturated rings. The van der Waals surface area contributed by atoms with Crippen LogP contribution in [-0.4, -0.2) is 36.6 Å². The number of piperidine rings is 1. The van der Waals surface area contributed by atoms with Gasteiger partial charge in [0.05, 0.1) is 6.26 Å². The number of nitrogens with zero attached hydrogens (tertiary/aromatic N) is 1. The van der Waals surface area contributed by atoms with Crippen LogP contribution < -0.4 is 5.32 Å². The molecule has 0 aliphatic carbocycles. The molecule has 1 N–H and O–H groups in total. The van der Waals surface area contributed by atoms with E-state index in [0.29, 0.717) is 12.1 Å². The smallest absolute Gasteiger partial charge is 0.105 e. The topological polar surface area (TPSA) is 28.4 Å². The van der Waals surface area contributed by atoms with Gasteiger partial charge in [-0.3, -0.25) is 4.90 Å². The van der Waals surface area contributed by atoms with Crippen LogP contribution >= 0.6 is 0 Å². The van der Waals surface area contributed by atoms with Crippen molar-refractivity contribution in [2.75, 3.05) is 19.6 Å². The van der Waals surface area contributed by atoms with Gasteiger partial charge in [0.25, 0.3) is 0 Å². The molecule has 0 amide bonds. The highest BCUT2D eigenvalue weighted by atomic mass is 16.3. The molecule has 1 aliphatic rings. The summed E-state index contributed by atoms with van der Waals surface area (Å²) in [6.07, 6.45) is 6.64. The Morgan fingerprint density at radius 3 is 3.06 bits per heavy atom. The summed E-state index contributed by atoms with van der Waals surface area (Å²) in [6.45, 7) is 8.11. The van der Waals surface area contributed by atoms with Crippen LogP contribution in [0.2, 0.25) is 0 Å². The predicted octanol–water partition coefficient (Wildman–Crippen LogP) is 2.67. The van der Waals surface area contributed by atoms with Crippen LogP contribution in [0.4, 0.5) is 0 Å². The third-order valence-electron chi connectivity index (χ3n) is 3.86. The minimum Gasteiger partial charge on any atom is -0.469 e. The van der Waals surface area contributed by atoms with Crippen molar-refractivity contribution in [2.24, 2.45) is 0 Å². The molecule has 18 heavy (non-hydrogen) atoms. The fourth-order valence-corrected chi connectivity index (χ4v) is 2.97. The minimum atomic E-state index is 0.556. The summed E-state index contributed by atoms with van der Waals surface area (Å²) in [6, 6.07) is 5.32. The van der Waals surface area contributed by atoms with E-state index in [1.54, 1.807) is 6.26 Å². The number of hydrogen-bond donors (Lipinski definition) is 1.